The predicted molar refractivity (Wildman–Crippen MR) is 56.1 cm³/mol. The normalized spacial score (nSPS) is 12.1. The molecule has 0 aliphatic rings. The number of rotatable bonds is 4. The number of halogens is 1. The molecule has 0 saturated carbocycles. The first kappa shape index (κ1) is 11.5. The van der Waals surface area contributed by atoms with E-state index in [0.717, 1.165) is 5.56 Å². The van der Waals surface area contributed by atoms with Crippen LogP contribution in [0.5, 0.6) is 0 Å². The highest BCUT2D eigenvalue weighted by atomic mass is 19.1. The van der Waals surface area contributed by atoms with E-state index < -0.39 is 0 Å². The molecule has 0 bridgehead atoms. The molecule has 0 heterocycles. The van der Waals surface area contributed by atoms with E-state index in [4.69, 9.17) is 10.9 Å². The van der Waals surface area contributed by atoms with E-state index >= 15 is 0 Å². The van der Waals surface area contributed by atoms with Crippen LogP contribution in [-0.4, -0.2) is 29.5 Å². The molecule has 0 fully saturated rings. The highest BCUT2D eigenvalue weighted by molar-refractivity contribution is 5.81. The molecule has 0 amide bonds. The van der Waals surface area contributed by atoms with Crippen LogP contribution in [0.2, 0.25) is 0 Å². The van der Waals surface area contributed by atoms with Gasteiger partial charge in [-0.05, 0) is 24.7 Å². The Kier molecular flexibility index (Phi) is 4.05. The summed E-state index contributed by atoms with van der Waals surface area (Å²) in [6, 6.07) is 6.34. The molecular weight excluding hydrogens is 197 g/mol. The number of oxime groups is 1. The van der Waals surface area contributed by atoms with Gasteiger partial charge in [0.25, 0.3) is 0 Å². The van der Waals surface area contributed by atoms with E-state index in [-0.39, 0.29) is 11.7 Å². The fourth-order valence-corrected chi connectivity index (χ4v) is 1.31. The molecule has 0 atom stereocenters. The first-order chi connectivity index (χ1) is 7.11. The minimum atomic E-state index is -0.260. The number of amidine groups is 1. The van der Waals surface area contributed by atoms with Crippen molar-refractivity contribution in [1.29, 1.82) is 0 Å². The predicted octanol–water partition coefficient (Wildman–Crippen LogP) is 1.00. The third kappa shape index (κ3) is 3.95. The zero-order chi connectivity index (χ0) is 11.3. The average Bonchev–Trinajstić information content (AvgIpc) is 2.17. The summed E-state index contributed by atoms with van der Waals surface area (Å²) in [5.74, 6) is -0.126. The molecule has 0 aromatic heterocycles. The molecule has 0 aliphatic carbocycles. The smallest absolute Gasteiger partial charge is 0.153 e. The topological polar surface area (TPSA) is 61.8 Å². The Bertz CT molecular complexity index is 354. The fraction of sp³-hybridized carbons (Fsp3) is 0.300. The molecule has 0 spiro atoms. The number of hydrogen-bond acceptors (Lipinski definition) is 3. The Morgan fingerprint density at radius 2 is 2.33 bits per heavy atom. The van der Waals surface area contributed by atoms with Crippen molar-refractivity contribution in [1.82, 2.24) is 4.90 Å². The van der Waals surface area contributed by atoms with E-state index in [1.165, 1.54) is 12.1 Å². The van der Waals surface area contributed by atoms with Gasteiger partial charge in [0.15, 0.2) is 5.84 Å². The van der Waals surface area contributed by atoms with Crippen molar-refractivity contribution in [2.24, 2.45) is 10.9 Å². The Morgan fingerprint density at radius 3 is 2.93 bits per heavy atom. The number of hydrogen-bond donors (Lipinski definition) is 2. The monoisotopic (exact) mass is 211 g/mol. The Hall–Kier alpha value is -1.62. The Labute approximate surface area is 87.8 Å². The molecule has 5 heteroatoms. The van der Waals surface area contributed by atoms with Gasteiger partial charge < -0.3 is 10.9 Å². The van der Waals surface area contributed by atoms with Crippen molar-refractivity contribution >= 4 is 5.84 Å². The lowest BCUT2D eigenvalue weighted by molar-refractivity contribution is 0.308. The lowest BCUT2D eigenvalue weighted by Crippen LogP contribution is -2.30. The molecule has 1 aromatic carbocycles. The molecule has 15 heavy (non-hydrogen) atoms. The van der Waals surface area contributed by atoms with Gasteiger partial charge in [-0.15, -0.1) is 0 Å². The first-order valence-corrected chi connectivity index (χ1v) is 4.51. The third-order valence-corrected chi connectivity index (χ3v) is 1.90. The van der Waals surface area contributed by atoms with Gasteiger partial charge in [0, 0.05) is 6.54 Å². The van der Waals surface area contributed by atoms with Crippen molar-refractivity contribution in [2.75, 3.05) is 13.6 Å². The minimum Gasteiger partial charge on any atom is -0.409 e. The molecule has 0 aliphatic heterocycles. The van der Waals surface area contributed by atoms with E-state index in [1.807, 2.05) is 18.0 Å². The number of benzene rings is 1. The summed E-state index contributed by atoms with van der Waals surface area (Å²) < 4.78 is 12.8. The van der Waals surface area contributed by atoms with Gasteiger partial charge in [-0.25, -0.2) is 4.39 Å². The molecule has 0 unspecified atom stereocenters. The van der Waals surface area contributed by atoms with Gasteiger partial charge in [0.05, 0.1) is 6.54 Å². The molecule has 3 N–H and O–H groups in total. The maximum absolute atomic E-state index is 12.8. The zero-order valence-electron chi connectivity index (χ0n) is 8.52. The van der Waals surface area contributed by atoms with Crippen LogP contribution in [0.1, 0.15) is 5.56 Å². The van der Waals surface area contributed by atoms with Gasteiger partial charge in [-0.2, -0.15) is 0 Å². The molecule has 4 nitrogen and oxygen atoms in total. The fourth-order valence-electron chi connectivity index (χ4n) is 1.31. The van der Waals surface area contributed by atoms with E-state index in [0.29, 0.717) is 13.1 Å². The molecule has 82 valence electrons. The SMILES string of the molecule is CN(CC(N)=NO)Cc1cccc(F)c1. The minimum absolute atomic E-state index is 0.133. The van der Waals surface area contributed by atoms with E-state index in [2.05, 4.69) is 5.16 Å². The third-order valence-electron chi connectivity index (χ3n) is 1.90. The molecule has 0 radical (unpaired) electrons. The molecule has 1 rings (SSSR count). The highest BCUT2D eigenvalue weighted by Crippen LogP contribution is 2.05. The van der Waals surface area contributed by atoms with Gasteiger partial charge in [-0.3, -0.25) is 4.90 Å². The van der Waals surface area contributed by atoms with Crippen LogP contribution in [0.15, 0.2) is 29.4 Å². The Morgan fingerprint density at radius 1 is 1.60 bits per heavy atom. The van der Waals surface area contributed by atoms with Gasteiger partial charge in [-0.1, -0.05) is 17.3 Å². The highest BCUT2D eigenvalue weighted by Gasteiger charge is 2.03. The summed E-state index contributed by atoms with van der Waals surface area (Å²) in [7, 11) is 1.81. The molecule has 1 aromatic rings. The van der Waals surface area contributed by atoms with Gasteiger partial charge >= 0.3 is 0 Å². The quantitative estimate of drug-likeness (QED) is 0.338. The second-order valence-corrected chi connectivity index (χ2v) is 3.39. The summed E-state index contributed by atoms with van der Waals surface area (Å²) in [6.07, 6.45) is 0. The van der Waals surface area contributed by atoms with E-state index in [1.54, 1.807) is 6.07 Å². The second-order valence-electron chi connectivity index (χ2n) is 3.39. The summed E-state index contributed by atoms with van der Waals surface area (Å²) in [5.41, 5.74) is 6.19. The van der Waals surface area contributed by atoms with Gasteiger partial charge in [0.2, 0.25) is 0 Å². The standard InChI is InChI=1S/C10H14FN3O/c1-14(7-10(12)13-15)6-8-3-2-4-9(11)5-8/h2-5,15H,6-7H2,1H3,(H2,12,13). The van der Waals surface area contributed by atoms with Crippen molar-refractivity contribution in [3.05, 3.63) is 35.6 Å². The van der Waals surface area contributed by atoms with Crippen LogP contribution in [0.4, 0.5) is 4.39 Å². The van der Waals surface area contributed by atoms with Crippen molar-refractivity contribution in [2.45, 2.75) is 6.54 Å². The average molecular weight is 211 g/mol. The van der Waals surface area contributed by atoms with Crippen molar-refractivity contribution < 1.29 is 9.60 Å². The lowest BCUT2D eigenvalue weighted by Gasteiger charge is -2.15. The number of likely N-dealkylation sites (N-methyl/N-ethyl adjacent to an activating group) is 1. The van der Waals surface area contributed by atoms with Crippen molar-refractivity contribution in [3.8, 4) is 0 Å². The largest absolute Gasteiger partial charge is 0.409 e. The maximum atomic E-state index is 12.8. The zero-order valence-corrected chi connectivity index (χ0v) is 8.52. The van der Waals surface area contributed by atoms with Gasteiger partial charge in [0.1, 0.15) is 5.82 Å². The first-order valence-electron chi connectivity index (χ1n) is 4.51. The lowest BCUT2D eigenvalue weighted by atomic mass is 10.2. The summed E-state index contributed by atoms with van der Waals surface area (Å²) in [4.78, 5) is 1.82. The Balaban J connectivity index is 2.55. The van der Waals surface area contributed by atoms with Crippen molar-refractivity contribution in [3.63, 3.8) is 0 Å². The summed E-state index contributed by atoms with van der Waals surface area (Å²) >= 11 is 0. The molecule has 0 saturated heterocycles. The number of nitrogens with zero attached hydrogens (tertiary/aromatic N) is 2. The van der Waals surface area contributed by atoms with E-state index in [9.17, 15) is 4.39 Å². The van der Waals surface area contributed by atoms with Crippen LogP contribution in [0, 0.1) is 5.82 Å². The van der Waals surface area contributed by atoms with Crippen LogP contribution in [0.3, 0.4) is 0 Å². The molecular formula is C10H14FN3O. The van der Waals surface area contributed by atoms with Crippen LogP contribution < -0.4 is 5.73 Å². The van der Waals surface area contributed by atoms with Crippen LogP contribution in [-0.2, 0) is 6.54 Å². The van der Waals surface area contributed by atoms with Crippen LogP contribution >= 0.6 is 0 Å². The summed E-state index contributed by atoms with van der Waals surface area (Å²) in [5, 5.41) is 11.2. The maximum Gasteiger partial charge on any atom is 0.153 e. The van der Waals surface area contributed by atoms with Crippen LogP contribution in [0.25, 0.3) is 0 Å². The second kappa shape index (κ2) is 5.31. The summed E-state index contributed by atoms with van der Waals surface area (Å²) in [6.45, 7) is 0.890. The number of nitrogens with two attached hydrogens (primary N) is 1.